The van der Waals surface area contributed by atoms with Gasteiger partial charge in [0.1, 0.15) is 0 Å². The molecule has 14 heavy (non-hydrogen) atoms. The quantitative estimate of drug-likeness (QED) is 0.686. The van der Waals surface area contributed by atoms with Gasteiger partial charge in [-0.05, 0) is 12.1 Å². The summed E-state index contributed by atoms with van der Waals surface area (Å²) in [5.74, 6) is 0. The first-order chi connectivity index (χ1) is 6.90. The van der Waals surface area contributed by atoms with Crippen molar-refractivity contribution in [1.82, 2.24) is 14.5 Å². The van der Waals surface area contributed by atoms with Gasteiger partial charge >= 0.3 is 0 Å². The summed E-state index contributed by atoms with van der Waals surface area (Å²) >= 11 is 0. The third-order valence-corrected chi connectivity index (χ3v) is 1.93. The van der Waals surface area contributed by atoms with E-state index in [4.69, 9.17) is 0 Å². The summed E-state index contributed by atoms with van der Waals surface area (Å²) in [6.45, 7) is 4.46. The van der Waals surface area contributed by atoms with Crippen LogP contribution < -0.4 is 0 Å². The second-order valence-corrected chi connectivity index (χ2v) is 2.99. The number of pyridine rings is 1. The normalized spacial score (nSPS) is 10.0. The lowest BCUT2D eigenvalue weighted by molar-refractivity contribution is 0.822. The molecule has 0 aliphatic rings. The largest absolute Gasteiger partial charge is 0.333 e. The van der Waals surface area contributed by atoms with Crippen LogP contribution in [-0.4, -0.2) is 14.5 Å². The van der Waals surface area contributed by atoms with Crippen molar-refractivity contribution < 1.29 is 0 Å². The summed E-state index contributed by atoms with van der Waals surface area (Å²) in [6.07, 6.45) is 9.18. The molecule has 0 unspecified atom stereocenters. The van der Waals surface area contributed by atoms with Gasteiger partial charge in [-0.2, -0.15) is 0 Å². The van der Waals surface area contributed by atoms with Gasteiger partial charge in [-0.25, -0.2) is 4.98 Å². The smallest absolute Gasteiger partial charge is 0.0956 e. The molecule has 2 aromatic rings. The molecule has 3 heteroatoms. The van der Waals surface area contributed by atoms with E-state index < -0.39 is 0 Å². The molecular weight excluding hydrogens is 174 g/mol. The summed E-state index contributed by atoms with van der Waals surface area (Å²) in [5.41, 5.74) is 1.98. The van der Waals surface area contributed by atoms with E-state index in [9.17, 15) is 0 Å². The maximum Gasteiger partial charge on any atom is 0.0956 e. The highest BCUT2D eigenvalue weighted by Gasteiger charge is 1.99. The average Bonchev–Trinajstić information content (AvgIpc) is 2.68. The number of aromatic nitrogens is 3. The summed E-state index contributed by atoms with van der Waals surface area (Å²) in [5, 5.41) is 0. The molecular formula is C11H11N3. The van der Waals surface area contributed by atoms with Crippen LogP contribution in [0.1, 0.15) is 0 Å². The van der Waals surface area contributed by atoms with Crippen molar-refractivity contribution in [1.29, 1.82) is 0 Å². The summed E-state index contributed by atoms with van der Waals surface area (Å²) in [7, 11) is 0. The standard InChI is InChI=1S/C11H11N3/c1-2-6-14-8-11(13-9-14)10-4-3-5-12-7-10/h2-5,7-9H,1,6H2. The predicted octanol–water partition coefficient (Wildman–Crippen LogP) is 2.13. The van der Waals surface area contributed by atoms with Crippen molar-refractivity contribution in [3.05, 3.63) is 49.7 Å². The van der Waals surface area contributed by atoms with Gasteiger partial charge in [0.25, 0.3) is 0 Å². The first-order valence-electron chi connectivity index (χ1n) is 4.43. The topological polar surface area (TPSA) is 30.7 Å². The van der Waals surface area contributed by atoms with Crippen LogP contribution in [0.2, 0.25) is 0 Å². The first-order valence-corrected chi connectivity index (χ1v) is 4.43. The second kappa shape index (κ2) is 3.87. The van der Waals surface area contributed by atoms with Crippen LogP contribution >= 0.6 is 0 Å². The zero-order valence-electron chi connectivity index (χ0n) is 7.80. The number of hydrogen-bond donors (Lipinski definition) is 0. The van der Waals surface area contributed by atoms with Crippen LogP contribution in [-0.2, 0) is 6.54 Å². The van der Waals surface area contributed by atoms with E-state index in [1.165, 1.54) is 0 Å². The maximum atomic E-state index is 4.28. The van der Waals surface area contributed by atoms with Crippen molar-refractivity contribution in [2.45, 2.75) is 6.54 Å². The fraction of sp³-hybridized carbons (Fsp3) is 0.0909. The Bertz CT molecular complexity index is 417. The highest BCUT2D eigenvalue weighted by atomic mass is 15.0. The van der Waals surface area contributed by atoms with Crippen molar-refractivity contribution in [3.8, 4) is 11.3 Å². The second-order valence-electron chi connectivity index (χ2n) is 2.99. The minimum atomic E-state index is 0.785. The van der Waals surface area contributed by atoms with Crippen molar-refractivity contribution in [2.75, 3.05) is 0 Å². The van der Waals surface area contributed by atoms with E-state index in [-0.39, 0.29) is 0 Å². The number of hydrogen-bond acceptors (Lipinski definition) is 2. The Balaban J connectivity index is 2.29. The average molecular weight is 185 g/mol. The molecule has 2 heterocycles. The van der Waals surface area contributed by atoms with Gasteiger partial charge in [-0.3, -0.25) is 4.98 Å². The van der Waals surface area contributed by atoms with E-state index in [1.807, 2.05) is 29.0 Å². The lowest BCUT2D eigenvalue weighted by Crippen LogP contribution is -1.88. The highest BCUT2D eigenvalue weighted by Crippen LogP contribution is 2.14. The lowest BCUT2D eigenvalue weighted by atomic mass is 10.2. The fourth-order valence-electron chi connectivity index (χ4n) is 1.27. The Kier molecular flexibility index (Phi) is 2.40. The van der Waals surface area contributed by atoms with Crippen LogP contribution in [0.15, 0.2) is 49.7 Å². The number of imidazole rings is 1. The molecule has 0 aliphatic heterocycles. The summed E-state index contributed by atoms with van der Waals surface area (Å²) in [4.78, 5) is 8.33. The van der Waals surface area contributed by atoms with E-state index in [0.717, 1.165) is 17.8 Å². The Morgan fingerprint density at radius 3 is 3.14 bits per heavy atom. The fourth-order valence-corrected chi connectivity index (χ4v) is 1.27. The third-order valence-electron chi connectivity index (χ3n) is 1.93. The molecule has 3 nitrogen and oxygen atoms in total. The molecule has 0 spiro atoms. The van der Waals surface area contributed by atoms with Crippen LogP contribution in [0.4, 0.5) is 0 Å². The number of rotatable bonds is 3. The number of nitrogens with zero attached hydrogens (tertiary/aromatic N) is 3. The van der Waals surface area contributed by atoms with Crippen molar-refractivity contribution >= 4 is 0 Å². The van der Waals surface area contributed by atoms with Crippen LogP contribution in [0.3, 0.4) is 0 Å². The Labute approximate surface area is 82.8 Å². The maximum absolute atomic E-state index is 4.28. The van der Waals surface area contributed by atoms with E-state index in [0.29, 0.717) is 0 Å². The van der Waals surface area contributed by atoms with Gasteiger partial charge in [0.2, 0.25) is 0 Å². The van der Waals surface area contributed by atoms with E-state index in [2.05, 4.69) is 16.5 Å². The van der Waals surface area contributed by atoms with Crippen molar-refractivity contribution in [3.63, 3.8) is 0 Å². The van der Waals surface area contributed by atoms with Crippen molar-refractivity contribution in [2.24, 2.45) is 0 Å². The van der Waals surface area contributed by atoms with E-state index >= 15 is 0 Å². The molecule has 70 valence electrons. The van der Waals surface area contributed by atoms with Crippen LogP contribution in [0, 0.1) is 0 Å². The van der Waals surface area contributed by atoms with Gasteiger partial charge in [0, 0.05) is 30.7 Å². The number of allylic oxidation sites excluding steroid dienone is 1. The molecule has 0 fully saturated rings. The van der Waals surface area contributed by atoms with Gasteiger partial charge in [-0.1, -0.05) is 6.08 Å². The predicted molar refractivity (Wildman–Crippen MR) is 55.7 cm³/mol. The summed E-state index contributed by atoms with van der Waals surface area (Å²) < 4.78 is 1.98. The minimum absolute atomic E-state index is 0.785. The molecule has 0 aliphatic carbocycles. The van der Waals surface area contributed by atoms with Crippen LogP contribution in [0.25, 0.3) is 11.3 Å². The Hall–Kier alpha value is -1.90. The monoisotopic (exact) mass is 185 g/mol. The molecule has 0 bridgehead atoms. The molecule has 0 saturated heterocycles. The first kappa shape index (κ1) is 8.69. The van der Waals surface area contributed by atoms with E-state index in [1.54, 1.807) is 18.7 Å². The summed E-state index contributed by atoms with van der Waals surface area (Å²) in [6, 6.07) is 3.90. The molecule has 0 atom stereocenters. The molecule has 0 N–H and O–H groups in total. The lowest BCUT2D eigenvalue weighted by Gasteiger charge is -1.94. The van der Waals surface area contributed by atoms with Gasteiger partial charge in [0.15, 0.2) is 0 Å². The Morgan fingerprint density at radius 2 is 2.43 bits per heavy atom. The van der Waals surface area contributed by atoms with Crippen LogP contribution in [0.5, 0.6) is 0 Å². The molecule has 0 saturated carbocycles. The SMILES string of the molecule is C=CCn1cnc(-c2cccnc2)c1. The third kappa shape index (κ3) is 1.71. The minimum Gasteiger partial charge on any atom is -0.333 e. The zero-order valence-corrected chi connectivity index (χ0v) is 7.80. The zero-order chi connectivity index (χ0) is 9.80. The molecule has 0 amide bonds. The van der Waals surface area contributed by atoms with Gasteiger partial charge in [-0.15, -0.1) is 6.58 Å². The van der Waals surface area contributed by atoms with Gasteiger partial charge in [0.05, 0.1) is 12.0 Å². The molecule has 2 rings (SSSR count). The molecule has 0 aromatic carbocycles. The Morgan fingerprint density at radius 1 is 1.50 bits per heavy atom. The highest BCUT2D eigenvalue weighted by molar-refractivity contribution is 5.56. The van der Waals surface area contributed by atoms with Gasteiger partial charge < -0.3 is 4.57 Å². The molecule has 2 aromatic heterocycles. The molecule has 0 radical (unpaired) electrons.